The van der Waals surface area contributed by atoms with Gasteiger partial charge in [0.05, 0.1) is 6.54 Å². The Bertz CT molecular complexity index is 1110. The maximum Gasteiger partial charge on any atom is 0.433 e. The molecule has 31 heavy (non-hydrogen) atoms. The molecule has 0 bridgehead atoms. The van der Waals surface area contributed by atoms with Gasteiger partial charge in [0, 0.05) is 23.6 Å². The Hall–Kier alpha value is -3.82. The van der Waals surface area contributed by atoms with Crippen molar-refractivity contribution in [2.45, 2.75) is 13.1 Å². The van der Waals surface area contributed by atoms with Crippen molar-refractivity contribution in [2.75, 3.05) is 11.9 Å². The Kier molecular flexibility index (Phi) is 6.28. The van der Waals surface area contributed by atoms with Gasteiger partial charge in [0.15, 0.2) is 0 Å². The van der Waals surface area contributed by atoms with Crippen LogP contribution in [0.4, 0.5) is 29.2 Å². The molecule has 0 unspecified atom stereocenters. The Balaban J connectivity index is 1.81. The topological polar surface area (TPSA) is 79.8 Å². The van der Waals surface area contributed by atoms with E-state index in [4.69, 9.17) is 0 Å². The molecule has 160 valence electrons. The predicted octanol–water partition coefficient (Wildman–Crippen LogP) is 4.82. The molecule has 0 aliphatic carbocycles. The van der Waals surface area contributed by atoms with Gasteiger partial charge < -0.3 is 10.6 Å². The van der Waals surface area contributed by atoms with Crippen molar-refractivity contribution in [1.29, 1.82) is 0 Å². The minimum absolute atomic E-state index is 0.105. The molecule has 0 spiro atoms. The lowest BCUT2D eigenvalue weighted by Crippen LogP contribution is -2.25. The average molecular weight is 431 g/mol. The number of carbonyl (C=O) groups excluding carboxylic acids is 1. The van der Waals surface area contributed by atoms with Crippen LogP contribution >= 0.6 is 0 Å². The molecule has 0 aliphatic rings. The number of anilines is 2. The molecule has 2 aromatic heterocycles. The van der Waals surface area contributed by atoms with Gasteiger partial charge in [0.2, 0.25) is 5.95 Å². The number of rotatable bonds is 6. The normalized spacial score (nSPS) is 11.1. The highest BCUT2D eigenvalue weighted by atomic mass is 19.4. The van der Waals surface area contributed by atoms with Gasteiger partial charge in [-0.25, -0.2) is 14.4 Å². The summed E-state index contributed by atoms with van der Waals surface area (Å²) < 4.78 is 51.2. The van der Waals surface area contributed by atoms with Crippen LogP contribution in [0.25, 0.3) is 11.1 Å². The number of aromatic nitrogens is 3. The van der Waals surface area contributed by atoms with Crippen LogP contribution in [-0.2, 0) is 6.18 Å². The summed E-state index contributed by atoms with van der Waals surface area (Å²) in [6, 6.07) is 9.21. The molecule has 0 atom stereocenters. The van der Waals surface area contributed by atoms with Crippen LogP contribution in [0.2, 0.25) is 0 Å². The molecule has 0 aliphatic heterocycles. The summed E-state index contributed by atoms with van der Waals surface area (Å²) >= 11 is 0. The molecular formula is C21H17F4N5O. The molecule has 3 rings (SSSR count). The zero-order chi connectivity index (χ0) is 22.6. The number of carbonyl (C=O) groups is 1. The van der Waals surface area contributed by atoms with Crippen LogP contribution in [0.3, 0.4) is 0 Å². The first-order valence-electron chi connectivity index (χ1n) is 8.98. The molecule has 10 heteroatoms. The van der Waals surface area contributed by atoms with E-state index in [1.54, 1.807) is 18.2 Å². The first-order valence-corrected chi connectivity index (χ1v) is 8.98. The number of benzene rings is 1. The molecule has 0 fully saturated rings. The molecule has 3 aromatic rings. The van der Waals surface area contributed by atoms with Gasteiger partial charge in [-0.3, -0.25) is 9.78 Å². The second kappa shape index (κ2) is 8.90. The van der Waals surface area contributed by atoms with Crippen molar-refractivity contribution in [1.82, 2.24) is 20.3 Å². The van der Waals surface area contributed by atoms with Crippen molar-refractivity contribution < 1.29 is 22.4 Å². The summed E-state index contributed by atoms with van der Waals surface area (Å²) in [6.45, 7) is 4.59. The monoisotopic (exact) mass is 431 g/mol. The minimum atomic E-state index is -4.58. The zero-order valence-corrected chi connectivity index (χ0v) is 16.3. The maximum absolute atomic E-state index is 12.9. The number of halogens is 4. The standard InChI is InChI=1S/C21H17F4N5O/c1-12-7-15(14-3-4-17(27-11-14)19(31)28-10-13(2)22)9-16(8-12)29-20-26-6-5-18(30-20)21(23,24)25/h3-9,11H,2,10H2,1H3,(H,28,31)(H,26,29,30). The van der Waals surface area contributed by atoms with Crippen molar-refractivity contribution in [3.8, 4) is 11.1 Å². The first-order chi connectivity index (χ1) is 14.6. The fraction of sp³-hybridized carbons (Fsp3) is 0.143. The van der Waals surface area contributed by atoms with E-state index in [-0.39, 0.29) is 18.2 Å². The van der Waals surface area contributed by atoms with Gasteiger partial charge >= 0.3 is 6.18 Å². The van der Waals surface area contributed by atoms with Gasteiger partial charge in [0.25, 0.3) is 5.91 Å². The SMILES string of the molecule is C=C(F)CNC(=O)c1ccc(-c2cc(C)cc(Nc3nccc(C(F)(F)F)n3)c2)cn1. The molecule has 0 radical (unpaired) electrons. The number of nitrogens with one attached hydrogen (secondary N) is 2. The fourth-order valence-corrected chi connectivity index (χ4v) is 2.69. The molecular weight excluding hydrogens is 414 g/mol. The summed E-state index contributed by atoms with van der Waals surface area (Å²) in [4.78, 5) is 23.3. The summed E-state index contributed by atoms with van der Waals surface area (Å²) in [6.07, 6.45) is -2.08. The minimum Gasteiger partial charge on any atom is -0.344 e. The van der Waals surface area contributed by atoms with Gasteiger partial charge in [-0.1, -0.05) is 18.7 Å². The smallest absolute Gasteiger partial charge is 0.344 e. The van der Waals surface area contributed by atoms with Crippen LogP contribution in [0.15, 0.2) is 61.2 Å². The lowest BCUT2D eigenvalue weighted by molar-refractivity contribution is -0.141. The lowest BCUT2D eigenvalue weighted by atomic mass is 10.0. The molecule has 2 N–H and O–H groups in total. The van der Waals surface area contributed by atoms with E-state index in [1.165, 1.54) is 12.3 Å². The van der Waals surface area contributed by atoms with Crippen LogP contribution in [-0.4, -0.2) is 27.4 Å². The third kappa shape index (κ3) is 5.84. The fourth-order valence-electron chi connectivity index (χ4n) is 2.69. The quantitative estimate of drug-likeness (QED) is 0.547. The van der Waals surface area contributed by atoms with E-state index in [0.717, 1.165) is 17.8 Å². The highest BCUT2D eigenvalue weighted by Crippen LogP contribution is 2.29. The number of hydrogen-bond acceptors (Lipinski definition) is 5. The molecule has 1 amide bonds. The van der Waals surface area contributed by atoms with Crippen molar-refractivity contribution in [2.24, 2.45) is 0 Å². The van der Waals surface area contributed by atoms with E-state index in [0.29, 0.717) is 16.8 Å². The van der Waals surface area contributed by atoms with Crippen LogP contribution < -0.4 is 10.6 Å². The Morgan fingerprint density at radius 2 is 1.87 bits per heavy atom. The second-order valence-corrected chi connectivity index (χ2v) is 6.61. The summed E-state index contributed by atoms with van der Waals surface area (Å²) in [7, 11) is 0. The average Bonchev–Trinajstić information content (AvgIpc) is 2.71. The van der Waals surface area contributed by atoms with E-state index in [9.17, 15) is 22.4 Å². The van der Waals surface area contributed by atoms with Gasteiger partial charge in [0.1, 0.15) is 17.2 Å². The van der Waals surface area contributed by atoms with E-state index in [1.807, 2.05) is 13.0 Å². The predicted molar refractivity (Wildman–Crippen MR) is 107 cm³/mol. The number of amides is 1. The van der Waals surface area contributed by atoms with Gasteiger partial charge in [-0.05, 0) is 42.3 Å². The molecule has 6 nitrogen and oxygen atoms in total. The van der Waals surface area contributed by atoms with E-state index < -0.39 is 23.6 Å². The second-order valence-electron chi connectivity index (χ2n) is 6.61. The molecule has 0 saturated heterocycles. The summed E-state index contributed by atoms with van der Waals surface area (Å²) in [5, 5.41) is 5.11. The van der Waals surface area contributed by atoms with Crippen molar-refractivity contribution >= 4 is 17.5 Å². The molecule has 2 heterocycles. The molecule has 0 saturated carbocycles. The van der Waals surface area contributed by atoms with Crippen LogP contribution in [0, 0.1) is 6.92 Å². The van der Waals surface area contributed by atoms with Gasteiger partial charge in [-0.15, -0.1) is 0 Å². The maximum atomic E-state index is 12.9. The number of aryl methyl sites for hydroxylation is 1. The highest BCUT2D eigenvalue weighted by molar-refractivity contribution is 5.92. The van der Waals surface area contributed by atoms with Crippen LogP contribution in [0.1, 0.15) is 21.7 Å². The van der Waals surface area contributed by atoms with Crippen LogP contribution in [0.5, 0.6) is 0 Å². The van der Waals surface area contributed by atoms with E-state index >= 15 is 0 Å². The highest BCUT2D eigenvalue weighted by Gasteiger charge is 2.32. The van der Waals surface area contributed by atoms with Gasteiger partial charge in [-0.2, -0.15) is 13.2 Å². The Morgan fingerprint density at radius 3 is 2.52 bits per heavy atom. The summed E-state index contributed by atoms with van der Waals surface area (Å²) in [5.74, 6) is -1.40. The number of alkyl halides is 3. The van der Waals surface area contributed by atoms with Crippen molar-refractivity contribution in [3.05, 3.63) is 78.1 Å². The first kappa shape index (κ1) is 21.9. The zero-order valence-electron chi connectivity index (χ0n) is 16.3. The Labute approximate surface area is 175 Å². The third-order valence-corrected chi connectivity index (χ3v) is 4.05. The van der Waals surface area contributed by atoms with Crippen molar-refractivity contribution in [3.63, 3.8) is 0 Å². The Morgan fingerprint density at radius 1 is 1.10 bits per heavy atom. The number of nitrogens with zero attached hydrogens (tertiary/aromatic N) is 3. The molecule has 1 aromatic carbocycles. The summed E-state index contributed by atoms with van der Waals surface area (Å²) in [5.41, 5.74) is 1.75. The lowest BCUT2D eigenvalue weighted by Gasteiger charge is -2.11. The number of pyridine rings is 1. The number of hydrogen-bond donors (Lipinski definition) is 2. The van der Waals surface area contributed by atoms with E-state index in [2.05, 4.69) is 32.2 Å². The largest absolute Gasteiger partial charge is 0.433 e. The third-order valence-electron chi connectivity index (χ3n) is 4.05.